The molecule has 0 radical (unpaired) electrons. The highest BCUT2D eigenvalue weighted by Crippen LogP contribution is 2.14. The molecule has 0 saturated heterocycles. The lowest BCUT2D eigenvalue weighted by Gasteiger charge is -2.08. The van der Waals surface area contributed by atoms with E-state index < -0.39 is 5.97 Å². The first-order valence-corrected chi connectivity index (χ1v) is 6.27. The quantitative estimate of drug-likeness (QED) is 0.636. The number of hydrogen-bond acceptors (Lipinski definition) is 5. The van der Waals surface area contributed by atoms with Gasteiger partial charge in [0.25, 0.3) is 0 Å². The van der Waals surface area contributed by atoms with Crippen LogP contribution >= 0.6 is 0 Å². The minimum absolute atomic E-state index is 0.133. The van der Waals surface area contributed by atoms with E-state index in [2.05, 4.69) is 4.98 Å². The van der Waals surface area contributed by atoms with Crippen molar-refractivity contribution in [3.05, 3.63) is 42.5 Å². The van der Waals surface area contributed by atoms with Gasteiger partial charge in [-0.1, -0.05) is 6.07 Å². The third-order valence-corrected chi connectivity index (χ3v) is 2.73. The van der Waals surface area contributed by atoms with Crippen molar-refractivity contribution in [1.29, 1.82) is 0 Å². The second-order valence-corrected chi connectivity index (χ2v) is 4.25. The normalized spacial score (nSPS) is 10.2. The van der Waals surface area contributed by atoms with E-state index in [4.69, 9.17) is 15.2 Å². The number of nitrogens with two attached hydrogens (primary N) is 1. The van der Waals surface area contributed by atoms with Crippen LogP contribution in [0.5, 0.6) is 5.75 Å². The molecule has 0 aliphatic heterocycles. The fourth-order valence-electron chi connectivity index (χ4n) is 1.69. The summed E-state index contributed by atoms with van der Waals surface area (Å²) < 4.78 is 12.3. The van der Waals surface area contributed by atoms with E-state index in [9.17, 15) is 4.79 Å². The summed E-state index contributed by atoms with van der Waals surface area (Å²) in [7, 11) is 0. The van der Waals surface area contributed by atoms with Crippen molar-refractivity contribution in [2.24, 2.45) is 0 Å². The highest BCUT2D eigenvalue weighted by atomic mass is 16.6. The van der Waals surface area contributed by atoms with Crippen LogP contribution in [0.25, 0.3) is 0 Å². The summed E-state index contributed by atoms with van der Waals surface area (Å²) in [5, 5.41) is 0. The topological polar surface area (TPSA) is 79.4 Å². The van der Waals surface area contributed by atoms with E-state index in [1.807, 2.05) is 17.7 Å². The van der Waals surface area contributed by atoms with Gasteiger partial charge in [0.05, 0.1) is 6.54 Å². The number of carbonyl (C=O) groups excluding carboxylic acids is 1. The van der Waals surface area contributed by atoms with Gasteiger partial charge in [0.2, 0.25) is 0 Å². The van der Waals surface area contributed by atoms with E-state index in [1.165, 1.54) is 0 Å². The molecule has 2 N–H and O–H groups in total. The van der Waals surface area contributed by atoms with Crippen molar-refractivity contribution < 1.29 is 14.3 Å². The molecule has 0 amide bonds. The summed E-state index contributed by atoms with van der Waals surface area (Å²) in [6.07, 6.45) is 3.55. The van der Waals surface area contributed by atoms with Crippen LogP contribution in [0, 0.1) is 6.92 Å². The number of benzene rings is 1. The molecule has 0 fully saturated rings. The number of aryl methyl sites for hydroxylation is 1. The first kappa shape index (κ1) is 13.9. The van der Waals surface area contributed by atoms with Gasteiger partial charge < -0.3 is 19.8 Å². The Morgan fingerprint density at radius 2 is 2.30 bits per heavy atom. The van der Waals surface area contributed by atoms with Crippen LogP contribution in [0.4, 0.5) is 5.69 Å². The minimum Gasteiger partial charge on any atom is -0.482 e. The van der Waals surface area contributed by atoms with Gasteiger partial charge in [-0.2, -0.15) is 0 Å². The van der Waals surface area contributed by atoms with Crippen LogP contribution in [0.15, 0.2) is 36.7 Å². The molecular weight excluding hydrogens is 258 g/mol. The standard InChI is InChI=1S/C14H17N3O3/c1-11-16-5-6-17(11)7-8-19-14(18)10-20-13-4-2-3-12(15)9-13/h2-6,9H,7-8,10,15H2,1H3. The van der Waals surface area contributed by atoms with E-state index >= 15 is 0 Å². The maximum Gasteiger partial charge on any atom is 0.344 e. The predicted molar refractivity (Wildman–Crippen MR) is 74.3 cm³/mol. The summed E-state index contributed by atoms with van der Waals surface area (Å²) in [5.74, 6) is 1.02. The Balaban J connectivity index is 1.69. The molecular formula is C14H17N3O3. The molecule has 0 bridgehead atoms. The second-order valence-electron chi connectivity index (χ2n) is 4.25. The molecule has 0 saturated carbocycles. The molecule has 1 heterocycles. The van der Waals surface area contributed by atoms with Crippen LogP contribution in [-0.2, 0) is 16.1 Å². The fraction of sp³-hybridized carbons (Fsp3) is 0.286. The van der Waals surface area contributed by atoms with Crippen molar-refractivity contribution >= 4 is 11.7 Å². The van der Waals surface area contributed by atoms with E-state index in [1.54, 1.807) is 30.5 Å². The smallest absolute Gasteiger partial charge is 0.344 e. The summed E-state index contributed by atoms with van der Waals surface area (Å²) >= 11 is 0. The Morgan fingerprint density at radius 1 is 1.45 bits per heavy atom. The van der Waals surface area contributed by atoms with Gasteiger partial charge in [0.15, 0.2) is 6.61 Å². The van der Waals surface area contributed by atoms with Crippen LogP contribution in [0.3, 0.4) is 0 Å². The SMILES string of the molecule is Cc1nccn1CCOC(=O)COc1cccc(N)c1. The van der Waals surface area contributed by atoms with Crippen LogP contribution < -0.4 is 10.5 Å². The van der Waals surface area contributed by atoms with Gasteiger partial charge in [0.1, 0.15) is 18.2 Å². The largest absolute Gasteiger partial charge is 0.482 e. The van der Waals surface area contributed by atoms with Crippen LogP contribution in [-0.4, -0.2) is 28.7 Å². The molecule has 6 heteroatoms. The van der Waals surface area contributed by atoms with Crippen molar-refractivity contribution in [3.63, 3.8) is 0 Å². The Bertz CT molecular complexity index is 581. The number of aromatic nitrogens is 2. The number of esters is 1. The molecule has 0 spiro atoms. The molecule has 0 unspecified atom stereocenters. The monoisotopic (exact) mass is 275 g/mol. The molecule has 2 aromatic rings. The summed E-state index contributed by atoms with van der Waals surface area (Å²) in [5.41, 5.74) is 6.20. The maximum atomic E-state index is 11.5. The third kappa shape index (κ3) is 4.01. The molecule has 0 aliphatic carbocycles. The summed E-state index contributed by atoms with van der Waals surface area (Å²) in [6.45, 7) is 2.63. The van der Waals surface area contributed by atoms with E-state index in [-0.39, 0.29) is 13.2 Å². The molecule has 2 rings (SSSR count). The first-order valence-electron chi connectivity index (χ1n) is 6.27. The van der Waals surface area contributed by atoms with Gasteiger partial charge >= 0.3 is 5.97 Å². The number of carbonyl (C=O) groups is 1. The highest BCUT2D eigenvalue weighted by Gasteiger charge is 2.05. The lowest BCUT2D eigenvalue weighted by molar-refractivity contribution is -0.146. The zero-order valence-electron chi connectivity index (χ0n) is 11.3. The van der Waals surface area contributed by atoms with E-state index in [0.29, 0.717) is 18.0 Å². The fourth-order valence-corrected chi connectivity index (χ4v) is 1.69. The lowest BCUT2D eigenvalue weighted by atomic mass is 10.3. The lowest BCUT2D eigenvalue weighted by Crippen LogP contribution is -2.18. The average molecular weight is 275 g/mol. The number of nitrogen functional groups attached to an aromatic ring is 1. The zero-order valence-corrected chi connectivity index (χ0v) is 11.3. The first-order chi connectivity index (χ1) is 9.65. The zero-order chi connectivity index (χ0) is 14.4. The summed E-state index contributed by atoms with van der Waals surface area (Å²) in [6, 6.07) is 6.90. The molecule has 1 aromatic carbocycles. The number of imidazole rings is 1. The Kier molecular flexibility index (Phi) is 4.60. The van der Waals surface area contributed by atoms with Crippen molar-refractivity contribution in [2.45, 2.75) is 13.5 Å². The van der Waals surface area contributed by atoms with Gasteiger partial charge in [-0.05, 0) is 19.1 Å². The number of ether oxygens (including phenoxy) is 2. The maximum absolute atomic E-state index is 11.5. The van der Waals surface area contributed by atoms with Crippen LogP contribution in [0.2, 0.25) is 0 Å². The number of anilines is 1. The minimum atomic E-state index is -0.412. The number of nitrogens with zero attached hydrogens (tertiary/aromatic N) is 2. The van der Waals surface area contributed by atoms with E-state index in [0.717, 1.165) is 5.82 Å². The van der Waals surface area contributed by atoms with Crippen molar-refractivity contribution in [2.75, 3.05) is 18.9 Å². The highest BCUT2D eigenvalue weighted by molar-refractivity contribution is 5.71. The Morgan fingerprint density at radius 3 is 3.00 bits per heavy atom. The third-order valence-electron chi connectivity index (χ3n) is 2.73. The average Bonchev–Trinajstić information content (AvgIpc) is 2.82. The second kappa shape index (κ2) is 6.60. The molecule has 6 nitrogen and oxygen atoms in total. The molecule has 0 atom stereocenters. The number of hydrogen-bond donors (Lipinski definition) is 1. The van der Waals surface area contributed by atoms with Gasteiger partial charge in [-0.15, -0.1) is 0 Å². The molecule has 1 aromatic heterocycles. The predicted octanol–water partition coefficient (Wildman–Crippen LogP) is 1.40. The molecule has 106 valence electrons. The Hall–Kier alpha value is -2.50. The van der Waals surface area contributed by atoms with Gasteiger partial charge in [-0.3, -0.25) is 0 Å². The number of rotatable bonds is 6. The summed E-state index contributed by atoms with van der Waals surface area (Å²) in [4.78, 5) is 15.6. The Labute approximate surface area is 117 Å². The molecule has 20 heavy (non-hydrogen) atoms. The van der Waals surface area contributed by atoms with Gasteiger partial charge in [-0.25, -0.2) is 9.78 Å². The van der Waals surface area contributed by atoms with Crippen molar-refractivity contribution in [3.8, 4) is 5.75 Å². The molecule has 0 aliphatic rings. The van der Waals surface area contributed by atoms with Crippen molar-refractivity contribution in [1.82, 2.24) is 9.55 Å². The van der Waals surface area contributed by atoms with Gasteiger partial charge in [0, 0.05) is 24.1 Å². The van der Waals surface area contributed by atoms with Crippen LogP contribution in [0.1, 0.15) is 5.82 Å².